The van der Waals surface area contributed by atoms with Crippen molar-refractivity contribution in [2.45, 2.75) is 12.3 Å². The molecule has 1 fully saturated rings. The lowest BCUT2D eigenvalue weighted by Crippen LogP contribution is -2.29. The fourth-order valence-electron chi connectivity index (χ4n) is 3.47. The largest absolute Gasteiger partial charge is 0.504 e. The molecule has 2 aromatic carbocycles. The number of hydrogen-bond donors (Lipinski definition) is 1. The van der Waals surface area contributed by atoms with Crippen LogP contribution in [0, 0.1) is 17.5 Å². The van der Waals surface area contributed by atoms with E-state index in [1.54, 1.807) is 0 Å². The van der Waals surface area contributed by atoms with Crippen molar-refractivity contribution < 1.29 is 23.1 Å². The molecule has 0 bridgehead atoms. The van der Waals surface area contributed by atoms with Crippen molar-refractivity contribution in [1.82, 2.24) is 14.7 Å². The van der Waals surface area contributed by atoms with Gasteiger partial charge in [0.05, 0.1) is 11.9 Å². The highest BCUT2D eigenvalue weighted by atomic mass is 19.1. The molecule has 8 heteroatoms. The highest BCUT2D eigenvalue weighted by molar-refractivity contribution is 5.95. The number of benzene rings is 2. The molecule has 1 amide bonds. The van der Waals surface area contributed by atoms with Gasteiger partial charge in [-0.3, -0.25) is 4.79 Å². The van der Waals surface area contributed by atoms with E-state index in [-0.39, 0.29) is 23.6 Å². The molecular weight excluding hydrogens is 371 g/mol. The van der Waals surface area contributed by atoms with Gasteiger partial charge in [0.2, 0.25) is 0 Å². The summed E-state index contributed by atoms with van der Waals surface area (Å²) in [5.74, 6) is -3.01. The summed E-state index contributed by atoms with van der Waals surface area (Å²) in [6.45, 7) is 0.416. The van der Waals surface area contributed by atoms with E-state index in [4.69, 9.17) is 0 Å². The summed E-state index contributed by atoms with van der Waals surface area (Å²) < 4.78 is 42.4. The SMILES string of the molecule is O=C(c1nn(-c2ccc(F)cc2)cc1O)N1CC[C@@H](c2c(F)cccc2F)C1. The van der Waals surface area contributed by atoms with Gasteiger partial charge in [0, 0.05) is 24.6 Å². The minimum Gasteiger partial charge on any atom is -0.504 e. The zero-order valence-electron chi connectivity index (χ0n) is 14.6. The van der Waals surface area contributed by atoms with E-state index < -0.39 is 29.3 Å². The third-order valence-electron chi connectivity index (χ3n) is 4.87. The average Bonchev–Trinajstić information content (AvgIpc) is 3.29. The van der Waals surface area contributed by atoms with Gasteiger partial charge < -0.3 is 10.0 Å². The fourth-order valence-corrected chi connectivity index (χ4v) is 3.47. The van der Waals surface area contributed by atoms with Gasteiger partial charge in [-0.15, -0.1) is 0 Å². The maximum Gasteiger partial charge on any atom is 0.278 e. The first-order valence-corrected chi connectivity index (χ1v) is 8.72. The number of rotatable bonds is 3. The Balaban J connectivity index is 1.55. The van der Waals surface area contributed by atoms with Crippen LogP contribution in [0.4, 0.5) is 13.2 Å². The summed E-state index contributed by atoms with van der Waals surface area (Å²) in [7, 11) is 0. The van der Waals surface area contributed by atoms with Crippen molar-refractivity contribution in [3.8, 4) is 11.4 Å². The quantitative estimate of drug-likeness (QED) is 0.747. The first-order chi connectivity index (χ1) is 13.4. The van der Waals surface area contributed by atoms with Crippen LogP contribution in [0.15, 0.2) is 48.7 Å². The number of nitrogens with zero attached hydrogens (tertiary/aromatic N) is 3. The van der Waals surface area contributed by atoms with E-state index >= 15 is 0 Å². The first kappa shape index (κ1) is 18.1. The molecule has 144 valence electrons. The molecule has 1 aliphatic rings. The molecule has 1 aliphatic heterocycles. The summed E-state index contributed by atoms with van der Waals surface area (Å²) in [6.07, 6.45) is 1.66. The third kappa shape index (κ3) is 3.21. The number of carbonyl (C=O) groups excluding carboxylic acids is 1. The Morgan fingerprint density at radius 1 is 1.07 bits per heavy atom. The Kier molecular flexibility index (Phi) is 4.54. The molecule has 0 radical (unpaired) electrons. The normalized spacial score (nSPS) is 16.5. The van der Waals surface area contributed by atoms with Crippen LogP contribution in [0.25, 0.3) is 5.69 Å². The Morgan fingerprint density at radius 2 is 1.75 bits per heavy atom. The Labute approximate surface area is 158 Å². The van der Waals surface area contributed by atoms with Crippen LogP contribution in [0.5, 0.6) is 5.75 Å². The van der Waals surface area contributed by atoms with Crippen molar-refractivity contribution in [3.63, 3.8) is 0 Å². The second-order valence-corrected chi connectivity index (χ2v) is 6.66. The van der Waals surface area contributed by atoms with Crippen molar-refractivity contribution in [2.75, 3.05) is 13.1 Å². The van der Waals surface area contributed by atoms with Gasteiger partial charge in [-0.2, -0.15) is 5.10 Å². The first-order valence-electron chi connectivity index (χ1n) is 8.72. The molecule has 28 heavy (non-hydrogen) atoms. The Morgan fingerprint density at radius 3 is 2.43 bits per heavy atom. The van der Waals surface area contributed by atoms with Gasteiger partial charge in [0.1, 0.15) is 17.5 Å². The molecule has 1 N–H and O–H groups in total. The Bertz CT molecular complexity index is 1010. The number of aromatic hydroxyl groups is 1. The molecule has 1 saturated heterocycles. The maximum atomic E-state index is 14.0. The van der Waals surface area contributed by atoms with Crippen LogP contribution in [0.2, 0.25) is 0 Å². The van der Waals surface area contributed by atoms with Crippen molar-refractivity contribution >= 4 is 5.91 Å². The number of amides is 1. The van der Waals surface area contributed by atoms with Crippen molar-refractivity contribution in [3.05, 3.63) is 77.4 Å². The standard InChI is InChI=1S/C20H16F3N3O2/c21-13-4-6-14(7-5-13)26-11-17(27)19(24-26)20(28)25-9-8-12(10-25)18-15(22)2-1-3-16(18)23/h1-7,11-12,27H,8-10H2/t12-/m1/s1. The lowest BCUT2D eigenvalue weighted by atomic mass is 9.97. The van der Waals surface area contributed by atoms with E-state index in [9.17, 15) is 23.1 Å². The van der Waals surface area contributed by atoms with E-state index in [0.29, 0.717) is 18.7 Å². The van der Waals surface area contributed by atoms with Gasteiger partial charge in [-0.1, -0.05) is 6.07 Å². The summed E-state index contributed by atoms with van der Waals surface area (Å²) in [6, 6.07) is 9.09. The molecule has 0 unspecified atom stereocenters. The zero-order valence-corrected chi connectivity index (χ0v) is 14.6. The van der Waals surface area contributed by atoms with Crippen LogP contribution >= 0.6 is 0 Å². The zero-order chi connectivity index (χ0) is 19.8. The molecular formula is C20H16F3N3O2. The van der Waals surface area contributed by atoms with Crippen LogP contribution < -0.4 is 0 Å². The number of hydrogen-bond acceptors (Lipinski definition) is 3. The summed E-state index contributed by atoms with van der Waals surface area (Å²) in [5, 5.41) is 14.2. The molecule has 0 saturated carbocycles. The Hall–Kier alpha value is -3.29. The van der Waals surface area contributed by atoms with Crippen molar-refractivity contribution in [1.29, 1.82) is 0 Å². The van der Waals surface area contributed by atoms with Gasteiger partial charge >= 0.3 is 0 Å². The second-order valence-electron chi connectivity index (χ2n) is 6.66. The van der Waals surface area contributed by atoms with Crippen LogP contribution in [-0.2, 0) is 0 Å². The topological polar surface area (TPSA) is 58.4 Å². The highest BCUT2D eigenvalue weighted by Crippen LogP contribution is 2.32. The number of carbonyl (C=O) groups is 1. The number of likely N-dealkylation sites (tertiary alicyclic amines) is 1. The van der Waals surface area contributed by atoms with E-state index in [1.807, 2.05) is 0 Å². The van der Waals surface area contributed by atoms with Crippen molar-refractivity contribution in [2.24, 2.45) is 0 Å². The van der Waals surface area contributed by atoms with E-state index in [1.165, 1.54) is 58.2 Å². The smallest absolute Gasteiger partial charge is 0.278 e. The summed E-state index contributed by atoms with van der Waals surface area (Å²) in [5.41, 5.74) is 0.279. The summed E-state index contributed by atoms with van der Waals surface area (Å²) in [4.78, 5) is 14.2. The van der Waals surface area contributed by atoms with E-state index in [2.05, 4.69) is 5.10 Å². The van der Waals surface area contributed by atoms with Gasteiger partial charge in [0.25, 0.3) is 5.91 Å². The van der Waals surface area contributed by atoms with E-state index in [0.717, 1.165) is 0 Å². The third-order valence-corrected chi connectivity index (χ3v) is 4.87. The summed E-state index contributed by atoms with van der Waals surface area (Å²) >= 11 is 0. The van der Waals surface area contributed by atoms with Gasteiger partial charge in [-0.05, 0) is 42.8 Å². The molecule has 1 atom stereocenters. The molecule has 1 aromatic heterocycles. The van der Waals surface area contributed by atoms with Gasteiger partial charge in [-0.25, -0.2) is 17.9 Å². The lowest BCUT2D eigenvalue weighted by molar-refractivity contribution is 0.0781. The molecule has 5 nitrogen and oxygen atoms in total. The van der Waals surface area contributed by atoms with Crippen LogP contribution in [-0.4, -0.2) is 38.8 Å². The monoisotopic (exact) mass is 387 g/mol. The molecule has 2 heterocycles. The minimum absolute atomic E-state index is 0.0288. The number of halogens is 3. The lowest BCUT2D eigenvalue weighted by Gasteiger charge is -2.16. The van der Waals surface area contributed by atoms with Crippen LogP contribution in [0.3, 0.4) is 0 Å². The predicted molar refractivity (Wildman–Crippen MR) is 94.8 cm³/mol. The van der Waals surface area contributed by atoms with Crippen LogP contribution in [0.1, 0.15) is 28.4 Å². The number of aromatic nitrogens is 2. The predicted octanol–water partition coefficient (Wildman–Crippen LogP) is 3.62. The molecule has 3 aromatic rings. The highest BCUT2D eigenvalue weighted by Gasteiger charge is 2.33. The molecule has 0 spiro atoms. The average molecular weight is 387 g/mol. The van der Waals surface area contributed by atoms with Gasteiger partial charge in [0.15, 0.2) is 11.4 Å². The molecule has 0 aliphatic carbocycles. The molecule has 4 rings (SSSR count). The second kappa shape index (κ2) is 7.03. The fraction of sp³-hybridized carbons (Fsp3) is 0.200. The minimum atomic E-state index is -0.636. The maximum absolute atomic E-state index is 14.0.